The monoisotopic (exact) mass is 395 g/mol. The van der Waals surface area contributed by atoms with Crippen LogP contribution in [0.25, 0.3) is 16.9 Å². The van der Waals surface area contributed by atoms with E-state index in [9.17, 15) is 0 Å². The Balaban J connectivity index is 1.52. The zero-order valence-corrected chi connectivity index (χ0v) is 17.4. The molecule has 0 aliphatic carbocycles. The van der Waals surface area contributed by atoms with Gasteiger partial charge in [-0.2, -0.15) is 9.61 Å². The molecule has 0 atom stereocenters. The summed E-state index contributed by atoms with van der Waals surface area (Å²) in [6, 6.07) is 10.1. The first kappa shape index (κ1) is 19.7. The van der Waals surface area contributed by atoms with E-state index < -0.39 is 0 Å². The quantitative estimate of drug-likeness (QED) is 0.620. The van der Waals surface area contributed by atoms with Crippen molar-refractivity contribution in [3.8, 4) is 17.0 Å². The van der Waals surface area contributed by atoms with Gasteiger partial charge < -0.3 is 14.8 Å². The molecule has 4 rings (SSSR count). The Morgan fingerprint density at radius 1 is 1.14 bits per heavy atom. The molecule has 1 N–H and O–H groups in total. The van der Waals surface area contributed by atoms with E-state index in [4.69, 9.17) is 19.6 Å². The molecule has 0 unspecified atom stereocenters. The molecule has 3 heterocycles. The van der Waals surface area contributed by atoms with Gasteiger partial charge in [-0.1, -0.05) is 0 Å². The van der Waals surface area contributed by atoms with Crippen LogP contribution in [0.1, 0.15) is 17.7 Å². The zero-order valence-electron chi connectivity index (χ0n) is 17.4. The Bertz CT molecular complexity index is 961. The maximum Gasteiger partial charge on any atom is 0.161 e. The summed E-state index contributed by atoms with van der Waals surface area (Å²) < 4.78 is 12.6. The Labute approximate surface area is 171 Å². The van der Waals surface area contributed by atoms with Gasteiger partial charge in [0.25, 0.3) is 0 Å². The molecule has 1 aliphatic rings. The van der Waals surface area contributed by atoms with Gasteiger partial charge >= 0.3 is 0 Å². The number of benzene rings is 1. The normalized spacial score (nSPS) is 15.0. The summed E-state index contributed by atoms with van der Waals surface area (Å²) in [6.07, 6.45) is 1.08. The molecule has 0 saturated carbocycles. The highest BCUT2D eigenvalue weighted by Gasteiger charge is 2.15. The second-order valence-electron chi connectivity index (χ2n) is 7.45. The highest BCUT2D eigenvalue weighted by Crippen LogP contribution is 2.28. The average Bonchev–Trinajstić information content (AvgIpc) is 3.08. The van der Waals surface area contributed by atoms with Crippen LogP contribution >= 0.6 is 0 Å². The number of hydrogen-bond acceptors (Lipinski definition) is 6. The van der Waals surface area contributed by atoms with Crippen molar-refractivity contribution in [3.05, 3.63) is 41.6 Å². The molecule has 7 nitrogen and oxygen atoms in total. The van der Waals surface area contributed by atoms with E-state index in [1.54, 1.807) is 7.11 Å². The van der Waals surface area contributed by atoms with Crippen LogP contribution in [-0.4, -0.2) is 66.0 Å². The molecule has 0 bridgehead atoms. The number of morpholine rings is 1. The average molecular weight is 396 g/mol. The topological polar surface area (TPSA) is 63.9 Å². The first-order valence-electron chi connectivity index (χ1n) is 10.2. The van der Waals surface area contributed by atoms with Crippen LogP contribution in [0.4, 0.5) is 5.82 Å². The van der Waals surface area contributed by atoms with Crippen LogP contribution in [-0.2, 0) is 4.74 Å². The number of ether oxygens (including phenoxy) is 2. The lowest BCUT2D eigenvalue weighted by Crippen LogP contribution is -2.37. The van der Waals surface area contributed by atoms with Crippen LogP contribution < -0.4 is 10.1 Å². The molecule has 0 radical (unpaired) electrons. The highest BCUT2D eigenvalue weighted by molar-refractivity contribution is 5.72. The Hall–Kier alpha value is -2.64. The van der Waals surface area contributed by atoms with Crippen molar-refractivity contribution in [2.45, 2.75) is 20.3 Å². The van der Waals surface area contributed by atoms with Crippen molar-refractivity contribution in [2.24, 2.45) is 0 Å². The Morgan fingerprint density at radius 2 is 1.90 bits per heavy atom. The predicted octanol–water partition coefficient (Wildman–Crippen LogP) is 3.16. The largest absolute Gasteiger partial charge is 0.497 e. The SMILES string of the molecule is COc1ccc(-c2nn3c(NCCCN4CCOCC4)cc(C)nc3c2C)cc1. The second kappa shape index (κ2) is 8.80. The van der Waals surface area contributed by atoms with Gasteiger partial charge in [-0.05, 0) is 51.1 Å². The Morgan fingerprint density at radius 3 is 2.62 bits per heavy atom. The molecular formula is C22H29N5O2. The van der Waals surface area contributed by atoms with Gasteiger partial charge in [-0.3, -0.25) is 4.90 Å². The molecule has 3 aromatic rings. The van der Waals surface area contributed by atoms with Crippen LogP contribution in [0.3, 0.4) is 0 Å². The lowest BCUT2D eigenvalue weighted by atomic mass is 10.1. The molecule has 0 amide bonds. The molecule has 1 aromatic carbocycles. The van der Waals surface area contributed by atoms with E-state index in [-0.39, 0.29) is 0 Å². The number of fused-ring (bicyclic) bond motifs is 1. The zero-order chi connectivity index (χ0) is 20.2. The van der Waals surface area contributed by atoms with Gasteiger partial charge in [0.05, 0.1) is 26.0 Å². The fraction of sp³-hybridized carbons (Fsp3) is 0.455. The van der Waals surface area contributed by atoms with E-state index in [2.05, 4.69) is 23.2 Å². The smallest absolute Gasteiger partial charge is 0.161 e. The number of aryl methyl sites for hydroxylation is 2. The number of nitrogens with one attached hydrogen (secondary N) is 1. The summed E-state index contributed by atoms with van der Waals surface area (Å²) in [5.41, 5.74) is 4.96. The molecule has 154 valence electrons. The standard InChI is InChI=1S/C22H29N5O2/c1-16-15-20(23-9-4-10-26-11-13-29-14-12-26)27-22(24-16)17(2)21(25-27)18-5-7-19(28-3)8-6-18/h5-8,15,23H,4,9-14H2,1-3H3. The van der Waals surface area contributed by atoms with Crippen molar-refractivity contribution < 1.29 is 9.47 Å². The maximum atomic E-state index is 5.42. The van der Waals surface area contributed by atoms with Gasteiger partial charge in [0, 0.05) is 42.5 Å². The van der Waals surface area contributed by atoms with E-state index in [0.29, 0.717) is 0 Å². The van der Waals surface area contributed by atoms with E-state index in [1.807, 2.05) is 35.7 Å². The Kier molecular flexibility index (Phi) is 5.97. The summed E-state index contributed by atoms with van der Waals surface area (Å²) >= 11 is 0. The third-order valence-electron chi connectivity index (χ3n) is 5.37. The lowest BCUT2D eigenvalue weighted by Gasteiger charge is -2.26. The highest BCUT2D eigenvalue weighted by atomic mass is 16.5. The van der Waals surface area contributed by atoms with E-state index in [0.717, 1.165) is 85.5 Å². The van der Waals surface area contributed by atoms with E-state index in [1.165, 1.54) is 0 Å². The van der Waals surface area contributed by atoms with Crippen molar-refractivity contribution in [1.82, 2.24) is 19.5 Å². The minimum atomic E-state index is 0.840. The number of nitrogens with zero attached hydrogens (tertiary/aromatic N) is 4. The van der Waals surface area contributed by atoms with Crippen molar-refractivity contribution in [1.29, 1.82) is 0 Å². The molecule has 7 heteroatoms. The number of methoxy groups -OCH3 is 1. The van der Waals surface area contributed by atoms with Crippen LogP contribution in [0, 0.1) is 13.8 Å². The summed E-state index contributed by atoms with van der Waals surface area (Å²) in [5.74, 6) is 1.82. The molecule has 0 spiro atoms. The summed E-state index contributed by atoms with van der Waals surface area (Å²) in [6.45, 7) is 9.83. The predicted molar refractivity (Wildman–Crippen MR) is 115 cm³/mol. The summed E-state index contributed by atoms with van der Waals surface area (Å²) in [7, 11) is 1.68. The van der Waals surface area contributed by atoms with Crippen LogP contribution in [0.2, 0.25) is 0 Å². The van der Waals surface area contributed by atoms with Gasteiger partial charge in [0.15, 0.2) is 5.65 Å². The third kappa shape index (κ3) is 4.36. The van der Waals surface area contributed by atoms with Crippen molar-refractivity contribution in [3.63, 3.8) is 0 Å². The van der Waals surface area contributed by atoms with Gasteiger partial charge in [0.1, 0.15) is 11.6 Å². The third-order valence-corrected chi connectivity index (χ3v) is 5.37. The number of rotatable bonds is 7. The lowest BCUT2D eigenvalue weighted by molar-refractivity contribution is 0.0378. The molecule has 1 fully saturated rings. The molecule has 2 aromatic heterocycles. The van der Waals surface area contributed by atoms with Gasteiger partial charge in [0.2, 0.25) is 0 Å². The molecule has 1 aliphatic heterocycles. The minimum Gasteiger partial charge on any atom is -0.497 e. The summed E-state index contributed by atoms with van der Waals surface area (Å²) in [5, 5.41) is 8.43. The van der Waals surface area contributed by atoms with E-state index >= 15 is 0 Å². The van der Waals surface area contributed by atoms with Crippen LogP contribution in [0.15, 0.2) is 30.3 Å². The van der Waals surface area contributed by atoms with Crippen molar-refractivity contribution >= 4 is 11.5 Å². The molecule has 1 saturated heterocycles. The molecular weight excluding hydrogens is 366 g/mol. The molecule has 29 heavy (non-hydrogen) atoms. The fourth-order valence-corrected chi connectivity index (χ4v) is 3.74. The van der Waals surface area contributed by atoms with Gasteiger partial charge in [-0.25, -0.2) is 4.98 Å². The second-order valence-corrected chi connectivity index (χ2v) is 7.45. The first-order chi connectivity index (χ1) is 14.2. The minimum absolute atomic E-state index is 0.840. The maximum absolute atomic E-state index is 5.42. The number of hydrogen-bond donors (Lipinski definition) is 1. The summed E-state index contributed by atoms with van der Waals surface area (Å²) in [4.78, 5) is 7.19. The number of aromatic nitrogens is 3. The van der Waals surface area contributed by atoms with Gasteiger partial charge in [-0.15, -0.1) is 0 Å². The number of anilines is 1. The fourth-order valence-electron chi connectivity index (χ4n) is 3.74. The van der Waals surface area contributed by atoms with Crippen LogP contribution in [0.5, 0.6) is 5.75 Å². The van der Waals surface area contributed by atoms with Crippen molar-refractivity contribution in [2.75, 3.05) is 51.8 Å². The first-order valence-corrected chi connectivity index (χ1v) is 10.2.